The molecule has 0 amide bonds. The average Bonchev–Trinajstić information content (AvgIpc) is 2.84. The van der Waals surface area contributed by atoms with Gasteiger partial charge in [-0.05, 0) is 30.7 Å². The van der Waals surface area contributed by atoms with Crippen LogP contribution in [-0.2, 0) is 0 Å². The van der Waals surface area contributed by atoms with Gasteiger partial charge in [0.2, 0.25) is 0 Å². The van der Waals surface area contributed by atoms with Gasteiger partial charge in [-0.25, -0.2) is 0 Å². The molecule has 2 heterocycles. The number of anilines is 1. The van der Waals surface area contributed by atoms with Crippen LogP contribution < -0.4 is 5.32 Å². The highest BCUT2D eigenvalue weighted by Crippen LogP contribution is 2.28. The number of aromatic nitrogens is 2. The molecule has 0 spiro atoms. The van der Waals surface area contributed by atoms with E-state index < -0.39 is 0 Å². The van der Waals surface area contributed by atoms with E-state index in [1.165, 1.54) is 0 Å². The van der Waals surface area contributed by atoms with Crippen LogP contribution in [-0.4, -0.2) is 17.2 Å². The largest absolute Gasteiger partial charge is 0.454 e. The van der Waals surface area contributed by atoms with Crippen molar-refractivity contribution < 1.29 is 4.42 Å². The smallest absolute Gasteiger partial charge is 0.155 e. The molecule has 90 valence electrons. The molecule has 0 aliphatic rings. The van der Waals surface area contributed by atoms with Crippen LogP contribution in [0.2, 0.25) is 0 Å². The van der Waals surface area contributed by atoms with Gasteiger partial charge in [-0.1, -0.05) is 18.2 Å². The highest BCUT2D eigenvalue weighted by molar-refractivity contribution is 5.84. The zero-order valence-corrected chi connectivity index (χ0v) is 10.3. The van der Waals surface area contributed by atoms with Gasteiger partial charge >= 0.3 is 0 Å². The normalized spacial score (nSPS) is 10.8. The zero-order chi connectivity index (χ0) is 12.5. The molecule has 4 nitrogen and oxygen atoms in total. The van der Waals surface area contributed by atoms with Gasteiger partial charge in [-0.3, -0.25) is 0 Å². The number of para-hydroxylation sites is 1. The number of nitrogens with one attached hydrogen (secondary N) is 1. The van der Waals surface area contributed by atoms with Gasteiger partial charge in [-0.2, -0.15) is 0 Å². The molecule has 0 fully saturated rings. The lowest BCUT2D eigenvalue weighted by atomic mass is 10.2. The van der Waals surface area contributed by atoms with Crippen molar-refractivity contribution in [3.05, 3.63) is 42.0 Å². The van der Waals surface area contributed by atoms with Crippen molar-refractivity contribution in [3.63, 3.8) is 0 Å². The van der Waals surface area contributed by atoms with E-state index >= 15 is 0 Å². The maximum Gasteiger partial charge on any atom is 0.155 e. The Labute approximate surface area is 105 Å². The summed E-state index contributed by atoms with van der Waals surface area (Å²) in [6.07, 6.45) is 0. The van der Waals surface area contributed by atoms with Crippen LogP contribution >= 0.6 is 0 Å². The summed E-state index contributed by atoms with van der Waals surface area (Å²) in [7, 11) is 1.81. The van der Waals surface area contributed by atoms with Gasteiger partial charge < -0.3 is 9.73 Å². The highest BCUT2D eigenvalue weighted by atomic mass is 16.3. The summed E-state index contributed by atoms with van der Waals surface area (Å²) in [5, 5.41) is 12.2. The Morgan fingerprint density at radius 3 is 2.67 bits per heavy atom. The minimum Gasteiger partial charge on any atom is -0.454 e. The fourth-order valence-corrected chi connectivity index (χ4v) is 1.93. The van der Waals surface area contributed by atoms with Gasteiger partial charge in [0.05, 0.1) is 0 Å². The third-order valence-electron chi connectivity index (χ3n) is 2.91. The molecular formula is C14H13N3O. The van der Waals surface area contributed by atoms with Crippen molar-refractivity contribution in [2.24, 2.45) is 0 Å². The zero-order valence-electron chi connectivity index (χ0n) is 10.3. The maximum atomic E-state index is 5.84. The summed E-state index contributed by atoms with van der Waals surface area (Å²) in [4.78, 5) is 0. The van der Waals surface area contributed by atoms with Crippen LogP contribution in [0.15, 0.2) is 40.8 Å². The van der Waals surface area contributed by atoms with Gasteiger partial charge in [0.1, 0.15) is 17.1 Å². The summed E-state index contributed by atoms with van der Waals surface area (Å²) >= 11 is 0. The minimum atomic E-state index is 0.740. The monoisotopic (exact) mass is 239 g/mol. The number of aryl methyl sites for hydroxylation is 1. The van der Waals surface area contributed by atoms with Crippen molar-refractivity contribution in [1.82, 2.24) is 10.2 Å². The first-order valence-electron chi connectivity index (χ1n) is 5.79. The van der Waals surface area contributed by atoms with E-state index in [2.05, 4.69) is 15.5 Å². The Balaban J connectivity index is 2.10. The van der Waals surface area contributed by atoms with E-state index in [4.69, 9.17) is 4.42 Å². The summed E-state index contributed by atoms with van der Waals surface area (Å²) < 4.78 is 5.84. The van der Waals surface area contributed by atoms with Crippen LogP contribution in [0.5, 0.6) is 0 Å². The summed E-state index contributed by atoms with van der Waals surface area (Å²) in [5.41, 5.74) is 2.77. The first-order valence-corrected chi connectivity index (χ1v) is 5.79. The predicted octanol–water partition coefficient (Wildman–Crippen LogP) is 3.24. The number of hydrogen-bond acceptors (Lipinski definition) is 4. The average molecular weight is 239 g/mol. The first kappa shape index (κ1) is 10.8. The Kier molecular flexibility index (Phi) is 2.48. The molecular weight excluding hydrogens is 226 g/mol. The Morgan fingerprint density at radius 2 is 2.00 bits per heavy atom. The lowest BCUT2D eigenvalue weighted by Crippen LogP contribution is -1.94. The third kappa shape index (κ3) is 1.72. The fourth-order valence-electron chi connectivity index (χ4n) is 1.93. The van der Waals surface area contributed by atoms with Gasteiger partial charge in [-0.15, -0.1) is 10.2 Å². The second-order valence-corrected chi connectivity index (χ2v) is 4.16. The first-order chi connectivity index (χ1) is 8.78. The highest BCUT2D eigenvalue weighted by Gasteiger charge is 2.09. The summed E-state index contributed by atoms with van der Waals surface area (Å²) in [5.74, 6) is 1.49. The van der Waals surface area contributed by atoms with Gasteiger partial charge in [0.15, 0.2) is 5.76 Å². The number of furan rings is 1. The predicted molar refractivity (Wildman–Crippen MR) is 71.5 cm³/mol. The molecule has 3 aromatic rings. The maximum absolute atomic E-state index is 5.84. The molecule has 4 heteroatoms. The van der Waals surface area contributed by atoms with Gasteiger partial charge in [0, 0.05) is 12.4 Å². The quantitative estimate of drug-likeness (QED) is 0.745. The molecule has 0 radical (unpaired) electrons. The molecule has 0 bridgehead atoms. The summed E-state index contributed by atoms with van der Waals surface area (Å²) in [6.45, 7) is 2.03. The van der Waals surface area contributed by atoms with Crippen molar-refractivity contribution in [2.75, 3.05) is 12.4 Å². The van der Waals surface area contributed by atoms with Gasteiger partial charge in [0.25, 0.3) is 0 Å². The number of rotatable bonds is 2. The van der Waals surface area contributed by atoms with E-state index in [9.17, 15) is 0 Å². The third-order valence-corrected chi connectivity index (χ3v) is 2.91. The number of benzene rings is 1. The number of nitrogens with zero attached hydrogens (tertiary/aromatic N) is 2. The second-order valence-electron chi connectivity index (χ2n) is 4.16. The number of hydrogen-bond donors (Lipinski definition) is 1. The van der Waals surface area contributed by atoms with Crippen LogP contribution in [0, 0.1) is 6.92 Å². The van der Waals surface area contributed by atoms with Crippen LogP contribution in [0.1, 0.15) is 5.56 Å². The molecule has 0 unspecified atom stereocenters. The van der Waals surface area contributed by atoms with Crippen LogP contribution in [0.4, 0.5) is 5.82 Å². The molecule has 2 aromatic heterocycles. The molecule has 0 aliphatic heterocycles. The lowest BCUT2D eigenvalue weighted by molar-refractivity contribution is 0.624. The molecule has 18 heavy (non-hydrogen) atoms. The topological polar surface area (TPSA) is 51.0 Å². The Hall–Kier alpha value is -2.36. The van der Waals surface area contributed by atoms with E-state index in [1.807, 2.05) is 50.4 Å². The molecule has 3 rings (SSSR count). The van der Waals surface area contributed by atoms with Crippen molar-refractivity contribution in [1.29, 1.82) is 0 Å². The van der Waals surface area contributed by atoms with Crippen molar-refractivity contribution in [3.8, 4) is 11.5 Å². The van der Waals surface area contributed by atoms with E-state index in [1.54, 1.807) is 0 Å². The standard InChI is InChI=1S/C14H13N3O/c1-9-4-3-5-10-8-12(18-14(9)10)11-6-7-13(15-2)17-16-11/h3-8H,1-2H3,(H,15,17). The molecule has 1 N–H and O–H groups in total. The van der Waals surface area contributed by atoms with E-state index in [-0.39, 0.29) is 0 Å². The minimum absolute atomic E-state index is 0.740. The number of fused-ring (bicyclic) bond motifs is 1. The second kappa shape index (κ2) is 4.14. The van der Waals surface area contributed by atoms with E-state index in [0.29, 0.717) is 0 Å². The lowest BCUT2D eigenvalue weighted by Gasteiger charge is -1.98. The molecule has 0 atom stereocenters. The van der Waals surface area contributed by atoms with Crippen LogP contribution in [0.3, 0.4) is 0 Å². The molecule has 0 saturated heterocycles. The molecule has 0 aliphatic carbocycles. The van der Waals surface area contributed by atoms with Crippen LogP contribution in [0.25, 0.3) is 22.4 Å². The summed E-state index contributed by atoms with van der Waals surface area (Å²) in [6, 6.07) is 11.8. The van der Waals surface area contributed by atoms with Crippen molar-refractivity contribution in [2.45, 2.75) is 6.92 Å². The Bertz CT molecular complexity index is 686. The molecule has 0 saturated carbocycles. The van der Waals surface area contributed by atoms with Crippen molar-refractivity contribution >= 4 is 16.8 Å². The fraction of sp³-hybridized carbons (Fsp3) is 0.143. The Morgan fingerprint density at radius 1 is 1.11 bits per heavy atom. The van der Waals surface area contributed by atoms with E-state index in [0.717, 1.165) is 33.8 Å². The molecule has 1 aromatic carbocycles. The SMILES string of the molecule is CNc1ccc(-c2cc3cccc(C)c3o2)nn1.